The lowest BCUT2D eigenvalue weighted by Gasteiger charge is -2.19. The molecule has 0 saturated carbocycles. The second kappa shape index (κ2) is 5.63. The van der Waals surface area contributed by atoms with Crippen LogP contribution < -0.4 is 5.32 Å². The quantitative estimate of drug-likeness (QED) is 0.781. The summed E-state index contributed by atoms with van der Waals surface area (Å²) in [4.78, 5) is 29.8. The lowest BCUT2D eigenvalue weighted by atomic mass is 9.88. The van der Waals surface area contributed by atoms with Crippen LogP contribution in [0.4, 0.5) is 11.9 Å². The van der Waals surface area contributed by atoms with Crippen LogP contribution in [0.2, 0.25) is 0 Å². The molecule has 0 bridgehead atoms. The number of hydrogen-bond acceptors (Lipinski definition) is 6. The zero-order valence-corrected chi connectivity index (χ0v) is 13.6. The molecule has 1 N–H and O–H groups in total. The lowest BCUT2D eigenvalue weighted by molar-refractivity contribution is 0.0951. The van der Waals surface area contributed by atoms with Crippen LogP contribution >= 0.6 is 0 Å². The summed E-state index contributed by atoms with van der Waals surface area (Å²) in [5.74, 6) is 1.31. The number of benzene rings is 1. The van der Waals surface area contributed by atoms with E-state index in [2.05, 4.69) is 32.2 Å². The van der Waals surface area contributed by atoms with Crippen molar-refractivity contribution in [2.75, 3.05) is 5.32 Å². The summed E-state index contributed by atoms with van der Waals surface area (Å²) in [6, 6.07) is 7.86. The molecular formula is C18H17N5O. The fourth-order valence-corrected chi connectivity index (χ4v) is 3.09. The molecule has 1 atom stereocenters. The number of anilines is 2. The van der Waals surface area contributed by atoms with Gasteiger partial charge in [0, 0.05) is 18.0 Å². The Labute approximate surface area is 139 Å². The Hall–Kier alpha value is -2.89. The van der Waals surface area contributed by atoms with Crippen molar-refractivity contribution in [1.29, 1.82) is 0 Å². The van der Waals surface area contributed by atoms with E-state index < -0.39 is 0 Å². The van der Waals surface area contributed by atoms with E-state index in [1.54, 1.807) is 6.20 Å². The second-order valence-electron chi connectivity index (χ2n) is 6.27. The molecule has 0 spiro atoms. The molecule has 4 rings (SSSR count). The first-order valence-electron chi connectivity index (χ1n) is 7.99. The minimum Gasteiger partial charge on any atom is -0.294 e. The molecule has 0 amide bonds. The molecule has 1 aliphatic carbocycles. The van der Waals surface area contributed by atoms with Gasteiger partial charge in [-0.15, -0.1) is 0 Å². The number of nitrogens with zero attached hydrogens (tertiary/aromatic N) is 4. The highest BCUT2D eigenvalue weighted by Crippen LogP contribution is 2.25. The Balaban J connectivity index is 1.69. The number of carbonyl (C=O) groups excluding carboxylic acids is 1. The fraction of sp³-hybridized carbons (Fsp3) is 0.278. The second-order valence-corrected chi connectivity index (χ2v) is 6.27. The molecule has 0 saturated heterocycles. The maximum absolute atomic E-state index is 12.0. The van der Waals surface area contributed by atoms with Crippen LogP contribution in [-0.2, 0) is 6.42 Å². The number of aromatic nitrogens is 4. The minimum atomic E-state index is 0.119. The largest absolute Gasteiger partial charge is 0.294 e. The van der Waals surface area contributed by atoms with Crippen molar-refractivity contribution in [2.45, 2.75) is 26.7 Å². The average molecular weight is 319 g/mol. The van der Waals surface area contributed by atoms with Gasteiger partial charge in [-0.25, -0.2) is 19.9 Å². The number of para-hydroxylation sites is 1. The Morgan fingerprint density at radius 2 is 1.92 bits per heavy atom. The number of nitrogens with one attached hydrogen (secondary N) is 1. The zero-order chi connectivity index (χ0) is 16.7. The van der Waals surface area contributed by atoms with Crippen molar-refractivity contribution >= 4 is 28.6 Å². The Bertz CT molecular complexity index is 953. The van der Waals surface area contributed by atoms with E-state index in [1.807, 2.05) is 31.2 Å². The predicted molar refractivity (Wildman–Crippen MR) is 91.4 cm³/mol. The van der Waals surface area contributed by atoms with Gasteiger partial charge >= 0.3 is 0 Å². The topological polar surface area (TPSA) is 80.7 Å². The molecule has 6 heteroatoms. The lowest BCUT2D eigenvalue weighted by Crippen LogP contribution is -2.20. The van der Waals surface area contributed by atoms with Crippen molar-refractivity contribution in [2.24, 2.45) is 5.92 Å². The Morgan fingerprint density at radius 1 is 1.08 bits per heavy atom. The molecule has 0 aliphatic heterocycles. The summed E-state index contributed by atoms with van der Waals surface area (Å²) in [5.41, 5.74) is 3.20. The van der Waals surface area contributed by atoms with Crippen molar-refractivity contribution < 1.29 is 4.79 Å². The molecule has 1 aliphatic rings. The van der Waals surface area contributed by atoms with E-state index in [0.29, 0.717) is 29.8 Å². The van der Waals surface area contributed by atoms with Crippen LogP contribution in [0.15, 0.2) is 30.5 Å². The summed E-state index contributed by atoms with van der Waals surface area (Å²) in [7, 11) is 0. The van der Waals surface area contributed by atoms with Gasteiger partial charge in [0.15, 0.2) is 5.78 Å². The first-order chi connectivity index (χ1) is 11.6. The summed E-state index contributed by atoms with van der Waals surface area (Å²) >= 11 is 0. The maximum atomic E-state index is 12.0. The summed E-state index contributed by atoms with van der Waals surface area (Å²) in [6.07, 6.45) is 2.96. The van der Waals surface area contributed by atoms with Gasteiger partial charge in [0.1, 0.15) is 0 Å². The van der Waals surface area contributed by atoms with Crippen molar-refractivity contribution in [3.63, 3.8) is 0 Å². The van der Waals surface area contributed by atoms with Crippen LogP contribution in [-0.4, -0.2) is 25.7 Å². The van der Waals surface area contributed by atoms with Gasteiger partial charge in [-0.1, -0.05) is 25.1 Å². The normalized spacial score (nSPS) is 16.9. The molecule has 120 valence electrons. The highest BCUT2D eigenvalue weighted by molar-refractivity contribution is 5.98. The first-order valence-corrected chi connectivity index (χ1v) is 7.99. The van der Waals surface area contributed by atoms with Crippen molar-refractivity contribution in [3.05, 3.63) is 47.4 Å². The fourth-order valence-electron chi connectivity index (χ4n) is 3.09. The van der Waals surface area contributed by atoms with Gasteiger partial charge in [0.25, 0.3) is 0 Å². The first kappa shape index (κ1) is 14.7. The maximum Gasteiger partial charge on any atom is 0.230 e. The third-order valence-corrected chi connectivity index (χ3v) is 4.26. The number of fused-ring (bicyclic) bond motifs is 2. The monoisotopic (exact) mass is 319 g/mol. The summed E-state index contributed by atoms with van der Waals surface area (Å²) in [6.45, 7) is 4.01. The third kappa shape index (κ3) is 2.60. The van der Waals surface area contributed by atoms with Crippen LogP contribution in [0.25, 0.3) is 10.9 Å². The highest BCUT2D eigenvalue weighted by Gasteiger charge is 2.24. The van der Waals surface area contributed by atoms with Crippen LogP contribution in [0.1, 0.15) is 35.1 Å². The number of carbonyl (C=O) groups is 1. The smallest absolute Gasteiger partial charge is 0.230 e. The molecule has 2 aromatic heterocycles. The van der Waals surface area contributed by atoms with E-state index in [-0.39, 0.29) is 5.78 Å². The molecule has 0 unspecified atom stereocenters. The number of aryl methyl sites for hydroxylation is 1. The van der Waals surface area contributed by atoms with Gasteiger partial charge in [0.2, 0.25) is 11.9 Å². The number of ketones is 1. The third-order valence-electron chi connectivity index (χ3n) is 4.26. The molecule has 1 aromatic carbocycles. The van der Waals surface area contributed by atoms with Crippen LogP contribution in [0.3, 0.4) is 0 Å². The van der Waals surface area contributed by atoms with Crippen molar-refractivity contribution in [1.82, 2.24) is 19.9 Å². The summed E-state index contributed by atoms with van der Waals surface area (Å²) < 4.78 is 0. The van der Waals surface area contributed by atoms with Gasteiger partial charge in [-0.2, -0.15) is 0 Å². The van der Waals surface area contributed by atoms with Gasteiger partial charge in [-0.3, -0.25) is 10.1 Å². The zero-order valence-electron chi connectivity index (χ0n) is 13.6. The number of rotatable bonds is 2. The average Bonchev–Trinajstić information content (AvgIpc) is 2.54. The SMILES string of the molecule is Cc1nc(Nc2ncc3c(n2)C[C@H](C)CC3=O)nc2ccccc12. The summed E-state index contributed by atoms with van der Waals surface area (Å²) in [5, 5.41) is 4.08. The molecule has 2 heterocycles. The van der Waals surface area contributed by atoms with E-state index in [4.69, 9.17) is 0 Å². The minimum absolute atomic E-state index is 0.119. The molecule has 0 fully saturated rings. The van der Waals surface area contributed by atoms with Crippen LogP contribution in [0, 0.1) is 12.8 Å². The predicted octanol–water partition coefficient (Wildman–Crippen LogP) is 3.24. The Kier molecular flexibility index (Phi) is 3.45. The number of hydrogen-bond donors (Lipinski definition) is 1. The van der Waals surface area contributed by atoms with Gasteiger partial charge in [-0.05, 0) is 25.3 Å². The molecule has 6 nitrogen and oxygen atoms in total. The standard InChI is InChI=1S/C18H17N5O/c1-10-7-15-13(16(24)8-10)9-19-17(22-15)23-18-20-11(2)12-5-3-4-6-14(12)21-18/h3-6,9-10H,7-8H2,1-2H3,(H,19,20,21,22,23)/t10-/m0/s1. The van der Waals surface area contributed by atoms with E-state index in [0.717, 1.165) is 28.7 Å². The molecule has 0 radical (unpaired) electrons. The van der Waals surface area contributed by atoms with E-state index in [9.17, 15) is 4.79 Å². The van der Waals surface area contributed by atoms with E-state index in [1.165, 1.54) is 0 Å². The molecular weight excluding hydrogens is 302 g/mol. The van der Waals surface area contributed by atoms with E-state index >= 15 is 0 Å². The Morgan fingerprint density at radius 3 is 2.79 bits per heavy atom. The van der Waals surface area contributed by atoms with Gasteiger partial charge in [0.05, 0.1) is 22.5 Å². The molecule has 3 aromatic rings. The molecule has 24 heavy (non-hydrogen) atoms. The number of Topliss-reactive ketones (excluding diaryl/α,β-unsaturated/α-hetero) is 1. The van der Waals surface area contributed by atoms with Crippen LogP contribution in [0.5, 0.6) is 0 Å². The van der Waals surface area contributed by atoms with Gasteiger partial charge < -0.3 is 0 Å². The van der Waals surface area contributed by atoms with Crippen molar-refractivity contribution in [3.8, 4) is 0 Å². The highest BCUT2D eigenvalue weighted by atomic mass is 16.1.